The molecule has 0 radical (unpaired) electrons. The van der Waals surface area contributed by atoms with Crippen molar-refractivity contribution >= 4 is 5.91 Å². The maximum absolute atomic E-state index is 11.8. The largest absolute Gasteiger partial charge is 0.396 e. The monoisotopic (exact) mass is 255 g/mol. The first-order valence-corrected chi connectivity index (χ1v) is 5.83. The minimum Gasteiger partial charge on any atom is -0.396 e. The molecule has 0 fully saturated rings. The van der Waals surface area contributed by atoms with E-state index < -0.39 is 24.9 Å². The molecular weight excluding hydrogens is 235 g/mol. The SMILES string of the molecule is CCCC(CCO)CNC(=O)CCC(F)(F)F. The van der Waals surface area contributed by atoms with Crippen molar-refractivity contribution in [2.75, 3.05) is 13.2 Å². The Bertz CT molecular complexity index is 213. The predicted molar refractivity (Wildman–Crippen MR) is 58.4 cm³/mol. The molecule has 0 aliphatic carbocycles. The molecule has 0 spiro atoms. The lowest BCUT2D eigenvalue weighted by molar-refractivity contribution is -0.144. The maximum atomic E-state index is 11.8. The van der Waals surface area contributed by atoms with Gasteiger partial charge in [0.15, 0.2) is 0 Å². The molecule has 0 aromatic heterocycles. The Morgan fingerprint density at radius 1 is 1.35 bits per heavy atom. The minimum absolute atomic E-state index is 0.0308. The van der Waals surface area contributed by atoms with Crippen LogP contribution in [0.15, 0.2) is 0 Å². The van der Waals surface area contributed by atoms with Crippen LogP contribution in [-0.2, 0) is 4.79 Å². The number of aliphatic hydroxyl groups is 1. The van der Waals surface area contributed by atoms with Crippen LogP contribution >= 0.6 is 0 Å². The van der Waals surface area contributed by atoms with Gasteiger partial charge in [0.05, 0.1) is 6.42 Å². The second-order valence-corrected chi connectivity index (χ2v) is 4.09. The van der Waals surface area contributed by atoms with Gasteiger partial charge in [-0.1, -0.05) is 13.3 Å². The van der Waals surface area contributed by atoms with Crippen molar-refractivity contribution in [1.82, 2.24) is 5.32 Å². The van der Waals surface area contributed by atoms with E-state index in [0.29, 0.717) is 13.0 Å². The Morgan fingerprint density at radius 2 is 2.00 bits per heavy atom. The third-order valence-corrected chi connectivity index (χ3v) is 2.46. The number of alkyl halides is 3. The third-order valence-electron chi connectivity index (χ3n) is 2.46. The summed E-state index contributed by atoms with van der Waals surface area (Å²) in [7, 11) is 0. The normalized spacial score (nSPS) is 13.5. The van der Waals surface area contributed by atoms with Crippen molar-refractivity contribution in [3.63, 3.8) is 0 Å². The van der Waals surface area contributed by atoms with Gasteiger partial charge in [-0.15, -0.1) is 0 Å². The van der Waals surface area contributed by atoms with Crippen LogP contribution in [0, 0.1) is 5.92 Å². The lowest BCUT2D eigenvalue weighted by Gasteiger charge is -2.15. The van der Waals surface area contributed by atoms with Gasteiger partial charge in [-0.25, -0.2) is 0 Å². The quantitative estimate of drug-likeness (QED) is 0.699. The Hall–Kier alpha value is -0.780. The standard InChI is InChI=1S/C11H20F3NO2/c1-2-3-9(5-7-16)8-15-10(17)4-6-11(12,13)14/h9,16H,2-8H2,1H3,(H,15,17). The summed E-state index contributed by atoms with van der Waals surface area (Å²) in [4.78, 5) is 11.1. The van der Waals surface area contributed by atoms with Gasteiger partial charge in [-0.2, -0.15) is 13.2 Å². The smallest absolute Gasteiger partial charge is 0.389 e. The molecule has 0 heterocycles. The number of amides is 1. The summed E-state index contributed by atoms with van der Waals surface area (Å²) in [5.41, 5.74) is 0. The van der Waals surface area contributed by atoms with Gasteiger partial charge in [-0.05, 0) is 18.8 Å². The van der Waals surface area contributed by atoms with Crippen molar-refractivity contribution in [3.8, 4) is 0 Å². The van der Waals surface area contributed by atoms with Gasteiger partial charge in [0, 0.05) is 19.6 Å². The van der Waals surface area contributed by atoms with Gasteiger partial charge >= 0.3 is 6.18 Å². The van der Waals surface area contributed by atoms with Crippen LogP contribution < -0.4 is 5.32 Å². The molecule has 0 saturated heterocycles. The average Bonchev–Trinajstić information content (AvgIpc) is 2.23. The van der Waals surface area contributed by atoms with Crippen molar-refractivity contribution < 1.29 is 23.1 Å². The van der Waals surface area contributed by atoms with Crippen LogP contribution in [0.3, 0.4) is 0 Å². The van der Waals surface area contributed by atoms with E-state index in [1.807, 2.05) is 6.92 Å². The number of rotatable bonds is 8. The molecule has 0 aromatic carbocycles. The topological polar surface area (TPSA) is 49.3 Å². The summed E-state index contributed by atoms with van der Waals surface area (Å²) in [5.74, 6) is -0.443. The summed E-state index contributed by atoms with van der Waals surface area (Å²) in [6, 6.07) is 0. The number of hydrogen-bond donors (Lipinski definition) is 2. The fourth-order valence-corrected chi connectivity index (χ4v) is 1.54. The Kier molecular flexibility index (Phi) is 7.95. The maximum Gasteiger partial charge on any atom is 0.389 e. The molecule has 0 bridgehead atoms. The fourth-order valence-electron chi connectivity index (χ4n) is 1.54. The highest BCUT2D eigenvalue weighted by Gasteiger charge is 2.27. The van der Waals surface area contributed by atoms with E-state index in [2.05, 4.69) is 5.32 Å². The lowest BCUT2D eigenvalue weighted by atomic mass is 10.0. The van der Waals surface area contributed by atoms with Crippen molar-refractivity contribution in [2.24, 2.45) is 5.92 Å². The van der Waals surface area contributed by atoms with Gasteiger partial charge in [0.2, 0.25) is 5.91 Å². The molecule has 3 nitrogen and oxygen atoms in total. The molecule has 0 rings (SSSR count). The summed E-state index contributed by atoms with van der Waals surface area (Å²) >= 11 is 0. The molecule has 1 atom stereocenters. The molecule has 0 aromatic rings. The van der Waals surface area contributed by atoms with Crippen LogP contribution in [0.2, 0.25) is 0 Å². The van der Waals surface area contributed by atoms with E-state index in [1.165, 1.54) is 0 Å². The molecule has 102 valence electrons. The molecule has 1 unspecified atom stereocenters. The fraction of sp³-hybridized carbons (Fsp3) is 0.909. The lowest BCUT2D eigenvalue weighted by Crippen LogP contribution is -2.30. The number of halogens is 3. The van der Waals surface area contributed by atoms with Gasteiger partial charge in [0.1, 0.15) is 0 Å². The number of nitrogens with one attached hydrogen (secondary N) is 1. The highest BCUT2D eigenvalue weighted by molar-refractivity contribution is 5.75. The van der Waals surface area contributed by atoms with Crippen LogP contribution in [0.4, 0.5) is 13.2 Å². The predicted octanol–water partition coefficient (Wildman–Crippen LogP) is 2.24. The number of hydrogen-bond acceptors (Lipinski definition) is 2. The molecule has 6 heteroatoms. The summed E-state index contributed by atoms with van der Waals surface area (Å²) in [6.45, 7) is 2.35. The molecule has 0 saturated carbocycles. The van der Waals surface area contributed by atoms with Crippen LogP contribution in [0.25, 0.3) is 0 Å². The van der Waals surface area contributed by atoms with Crippen molar-refractivity contribution in [3.05, 3.63) is 0 Å². The number of carbonyl (C=O) groups is 1. The zero-order valence-electron chi connectivity index (χ0n) is 10.0. The summed E-state index contributed by atoms with van der Waals surface area (Å²) in [6.07, 6.45) is -3.57. The van der Waals surface area contributed by atoms with Gasteiger partial charge in [0.25, 0.3) is 0 Å². The second-order valence-electron chi connectivity index (χ2n) is 4.09. The van der Waals surface area contributed by atoms with Gasteiger partial charge in [-0.3, -0.25) is 4.79 Å². The van der Waals surface area contributed by atoms with E-state index in [1.54, 1.807) is 0 Å². The van der Waals surface area contributed by atoms with E-state index in [-0.39, 0.29) is 12.5 Å². The van der Waals surface area contributed by atoms with Crippen molar-refractivity contribution in [2.45, 2.75) is 45.2 Å². The highest BCUT2D eigenvalue weighted by Crippen LogP contribution is 2.21. The van der Waals surface area contributed by atoms with E-state index >= 15 is 0 Å². The van der Waals surface area contributed by atoms with Crippen molar-refractivity contribution in [1.29, 1.82) is 0 Å². The van der Waals surface area contributed by atoms with Crippen LogP contribution in [-0.4, -0.2) is 30.3 Å². The van der Waals surface area contributed by atoms with Crippen LogP contribution in [0.1, 0.15) is 39.0 Å². The van der Waals surface area contributed by atoms with E-state index in [9.17, 15) is 18.0 Å². The molecular formula is C11H20F3NO2. The summed E-state index contributed by atoms with van der Waals surface area (Å²) in [5, 5.41) is 11.3. The summed E-state index contributed by atoms with van der Waals surface area (Å²) < 4.78 is 35.5. The zero-order chi connectivity index (χ0) is 13.3. The minimum atomic E-state index is -4.29. The van der Waals surface area contributed by atoms with E-state index in [0.717, 1.165) is 12.8 Å². The highest BCUT2D eigenvalue weighted by atomic mass is 19.4. The average molecular weight is 255 g/mol. The molecule has 17 heavy (non-hydrogen) atoms. The molecule has 0 aliphatic heterocycles. The first-order chi connectivity index (χ1) is 7.89. The number of aliphatic hydroxyl groups excluding tert-OH is 1. The van der Waals surface area contributed by atoms with E-state index in [4.69, 9.17) is 5.11 Å². The number of carbonyl (C=O) groups excluding carboxylic acids is 1. The van der Waals surface area contributed by atoms with Crippen LogP contribution in [0.5, 0.6) is 0 Å². The first-order valence-electron chi connectivity index (χ1n) is 5.83. The van der Waals surface area contributed by atoms with Gasteiger partial charge < -0.3 is 10.4 Å². The zero-order valence-corrected chi connectivity index (χ0v) is 10.0. The first kappa shape index (κ1) is 16.2. The third kappa shape index (κ3) is 10.1. The Labute approximate surface area is 99.4 Å². The Balaban J connectivity index is 3.79. The molecule has 1 amide bonds. The molecule has 2 N–H and O–H groups in total. The Morgan fingerprint density at radius 3 is 2.47 bits per heavy atom. The second kappa shape index (κ2) is 8.33. The molecule has 0 aliphatic rings.